The molecular weight excluding hydrogens is 304 g/mol. The van der Waals surface area contributed by atoms with E-state index in [1.54, 1.807) is 25.1 Å². The Morgan fingerprint density at radius 3 is 2.73 bits per heavy atom. The Hall–Kier alpha value is -2.41. The number of benzene rings is 2. The molecule has 0 atom stereocenters. The number of non-ortho nitro benzene ring substituents is 1. The highest BCUT2D eigenvalue weighted by Gasteiger charge is 2.32. The van der Waals surface area contributed by atoms with Crippen molar-refractivity contribution in [1.29, 1.82) is 0 Å². The van der Waals surface area contributed by atoms with Gasteiger partial charge in [-0.3, -0.25) is 14.4 Å². The van der Waals surface area contributed by atoms with E-state index in [2.05, 4.69) is 6.07 Å². The van der Waals surface area contributed by atoms with Crippen LogP contribution >= 0.6 is 0 Å². The van der Waals surface area contributed by atoms with Crippen LogP contribution in [0.2, 0.25) is 0 Å². The monoisotopic (exact) mass is 317 g/mol. The van der Waals surface area contributed by atoms with E-state index in [1.165, 1.54) is 22.5 Å². The predicted octanol–water partition coefficient (Wildman–Crippen LogP) is 2.45. The smallest absolute Gasteiger partial charge is 0.265 e. The van der Waals surface area contributed by atoms with Crippen LogP contribution in [0.15, 0.2) is 41.3 Å². The van der Waals surface area contributed by atoms with Gasteiger partial charge >= 0.3 is 0 Å². The fourth-order valence-electron chi connectivity index (χ4n) is 2.55. The molecule has 1 heterocycles. The molecule has 0 N–H and O–H groups in total. The minimum absolute atomic E-state index is 0.113. The van der Waals surface area contributed by atoms with E-state index >= 15 is 0 Å². The summed E-state index contributed by atoms with van der Waals surface area (Å²) in [6.45, 7) is 2.05. The van der Waals surface area contributed by atoms with Gasteiger partial charge in [-0.05, 0) is 42.7 Å². The summed E-state index contributed by atoms with van der Waals surface area (Å²) in [5, 5.41) is 10.9. The fourth-order valence-corrected chi connectivity index (χ4v) is 4.13. The van der Waals surface area contributed by atoms with Gasteiger partial charge in [0, 0.05) is 18.7 Å². The van der Waals surface area contributed by atoms with E-state index < -0.39 is 14.9 Å². The van der Waals surface area contributed by atoms with Crippen LogP contribution in [0.5, 0.6) is 0 Å². The molecule has 0 amide bonds. The van der Waals surface area contributed by atoms with Gasteiger partial charge in [-0.2, -0.15) is 0 Å². The van der Waals surface area contributed by atoms with Crippen molar-refractivity contribution >= 4 is 21.4 Å². The summed E-state index contributed by atoms with van der Waals surface area (Å²) in [5.41, 5.74) is 1.80. The first kappa shape index (κ1) is 14.5. The van der Waals surface area contributed by atoms with Crippen molar-refractivity contribution < 1.29 is 13.3 Å². The van der Waals surface area contributed by atoms with Gasteiger partial charge < -0.3 is 0 Å². The standard InChI is InChI=1S/C15H13N2O4S/c1-11-3-2-4-14(9-11)22(20,21)16-8-7-12-5-6-13(17(18)19)10-15(12)16/h2,4-6,9-10H,7-8H2,1H3. The second-order valence-electron chi connectivity index (χ2n) is 5.10. The Bertz CT molecular complexity index is 862. The number of rotatable bonds is 3. The molecule has 0 saturated carbocycles. The molecule has 6 nitrogen and oxygen atoms in total. The third kappa shape index (κ3) is 2.33. The van der Waals surface area contributed by atoms with E-state index in [-0.39, 0.29) is 17.1 Å². The number of anilines is 1. The lowest BCUT2D eigenvalue weighted by molar-refractivity contribution is -0.384. The summed E-state index contributed by atoms with van der Waals surface area (Å²) in [4.78, 5) is 10.6. The molecule has 3 rings (SSSR count). The first-order valence-corrected chi connectivity index (χ1v) is 8.12. The summed E-state index contributed by atoms with van der Waals surface area (Å²) >= 11 is 0. The number of sulfonamides is 1. The van der Waals surface area contributed by atoms with Gasteiger partial charge in [0.2, 0.25) is 0 Å². The van der Waals surface area contributed by atoms with Crippen LogP contribution in [0.3, 0.4) is 0 Å². The van der Waals surface area contributed by atoms with Crippen molar-refractivity contribution in [2.75, 3.05) is 10.8 Å². The predicted molar refractivity (Wildman–Crippen MR) is 81.3 cm³/mol. The molecule has 1 aliphatic rings. The van der Waals surface area contributed by atoms with Crippen molar-refractivity contribution in [2.24, 2.45) is 0 Å². The molecule has 113 valence electrons. The first-order valence-electron chi connectivity index (χ1n) is 6.68. The zero-order chi connectivity index (χ0) is 15.9. The summed E-state index contributed by atoms with van der Waals surface area (Å²) < 4.78 is 26.8. The molecule has 1 radical (unpaired) electrons. The van der Waals surface area contributed by atoms with Crippen molar-refractivity contribution in [3.8, 4) is 0 Å². The van der Waals surface area contributed by atoms with E-state index in [9.17, 15) is 18.5 Å². The third-order valence-electron chi connectivity index (χ3n) is 3.64. The SMILES string of the molecule is Cc1[c]ccc(S(=O)(=O)N2CCc3ccc([N+](=O)[O-])cc32)c1. The first-order chi connectivity index (χ1) is 10.4. The zero-order valence-corrected chi connectivity index (χ0v) is 12.6. The Morgan fingerprint density at radius 2 is 2.05 bits per heavy atom. The maximum absolute atomic E-state index is 12.8. The van der Waals surface area contributed by atoms with Crippen molar-refractivity contribution in [1.82, 2.24) is 0 Å². The van der Waals surface area contributed by atoms with E-state index in [0.29, 0.717) is 12.1 Å². The molecule has 0 saturated heterocycles. The second-order valence-corrected chi connectivity index (χ2v) is 6.97. The number of hydrogen-bond donors (Lipinski definition) is 0. The van der Waals surface area contributed by atoms with Gasteiger partial charge in [-0.15, -0.1) is 0 Å². The fraction of sp³-hybridized carbons (Fsp3) is 0.200. The lowest BCUT2D eigenvalue weighted by Gasteiger charge is -2.19. The number of nitro groups is 1. The Labute approximate surface area is 128 Å². The zero-order valence-electron chi connectivity index (χ0n) is 11.8. The van der Waals surface area contributed by atoms with Crippen molar-refractivity contribution in [3.63, 3.8) is 0 Å². The van der Waals surface area contributed by atoms with Gasteiger partial charge in [-0.25, -0.2) is 8.42 Å². The van der Waals surface area contributed by atoms with Gasteiger partial charge in [0.25, 0.3) is 15.7 Å². The minimum atomic E-state index is -3.73. The van der Waals surface area contributed by atoms with E-state index in [4.69, 9.17) is 0 Å². The highest BCUT2D eigenvalue weighted by molar-refractivity contribution is 7.92. The number of hydrogen-bond acceptors (Lipinski definition) is 4. The van der Waals surface area contributed by atoms with Gasteiger partial charge in [-0.1, -0.05) is 12.1 Å². The summed E-state index contributed by atoms with van der Waals surface area (Å²) in [5.74, 6) is 0. The third-order valence-corrected chi connectivity index (χ3v) is 5.45. The summed E-state index contributed by atoms with van der Waals surface area (Å²) in [7, 11) is -3.73. The molecule has 2 aromatic rings. The molecular formula is C15H13N2O4S. The molecule has 0 fully saturated rings. The van der Waals surface area contributed by atoms with Crippen LogP contribution in [0.25, 0.3) is 0 Å². The van der Waals surface area contributed by atoms with Gasteiger partial charge in [0.05, 0.1) is 15.5 Å². The second kappa shape index (κ2) is 5.10. The van der Waals surface area contributed by atoms with Crippen molar-refractivity contribution in [3.05, 3.63) is 63.7 Å². The Morgan fingerprint density at radius 1 is 1.27 bits per heavy atom. The molecule has 7 heteroatoms. The number of fused-ring (bicyclic) bond motifs is 1. The molecule has 0 aromatic heterocycles. The molecule has 0 spiro atoms. The van der Waals surface area contributed by atoms with E-state index in [1.807, 2.05) is 0 Å². The normalized spacial score (nSPS) is 14.0. The minimum Gasteiger partial charge on any atom is -0.265 e. The summed E-state index contributed by atoms with van der Waals surface area (Å²) in [6.07, 6.45) is 0.546. The molecule has 22 heavy (non-hydrogen) atoms. The maximum Gasteiger partial charge on any atom is 0.271 e. The molecule has 0 unspecified atom stereocenters. The van der Waals surface area contributed by atoms with Crippen molar-refractivity contribution in [2.45, 2.75) is 18.2 Å². The molecule has 2 aromatic carbocycles. The summed E-state index contributed by atoms with van der Waals surface area (Å²) in [6, 6.07) is 11.8. The largest absolute Gasteiger partial charge is 0.271 e. The van der Waals surface area contributed by atoms with Crippen LogP contribution in [-0.2, 0) is 16.4 Å². The van der Waals surface area contributed by atoms with Crippen LogP contribution in [0.1, 0.15) is 11.1 Å². The Kier molecular flexibility index (Phi) is 3.37. The molecule has 0 aliphatic carbocycles. The van der Waals surface area contributed by atoms with Gasteiger partial charge in [0.1, 0.15) is 0 Å². The highest BCUT2D eigenvalue weighted by Crippen LogP contribution is 2.35. The average Bonchev–Trinajstić information content (AvgIpc) is 2.90. The topological polar surface area (TPSA) is 80.5 Å². The molecule has 1 aliphatic heterocycles. The lowest BCUT2D eigenvalue weighted by atomic mass is 10.1. The average molecular weight is 317 g/mol. The van der Waals surface area contributed by atoms with Gasteiger partial charge in [0.15, 0.2) is 0 Å². The Balaban J connectivity index is 2.09. The number of nitrogens with zero attached hydrogens (tertiary/aromatic N) is 2. The van der Waals surface area contributed by atoms with Crippen LogP contribution in [0, 0.1) is 23.1 Å². The van der Waals surface area contributed by atoms with Crippen LogP contribution in [-0.4, -0.2) is 19.9 Å². The lowest BCUT2D eigenvalue weighted by Crippen LogP contribution is -2.29. The van der Waals surface area contributed by atoms with Crippen LogP contribution in [0.4, 0.5) is 11.4 Å². The highest BCUT2D eigenvalue weighted by atomic mass is 32.2. The number of nitro benzene ring substituents is 1. The number of aryl methyl sites for hydroxylation is 1. The molecule has 0 bridgehead atoms. The maximum atomic E-state index is 12.8. The quantitative estimate of drug-likeness (QED) is 0.643. The van der Waals surface area contributed by atoms with E-state index in [0.717, 1.165) is 11.1 Å². The van der Waals surface area contributed by atoms with Crippen LogP contribution < -0.4 is 4.31 Å².